The van der Waals surface area contributed by atoms with Gasteiger partial charge in [-0.15, -0.1) is 0 Å². The highest BCUT2D eigenvalue weighted by molar-refractivity contribution is 5.84. The van der Waals surface area contributed by atoms with Gasteiger partial charge in [0.15, 0.2) is 0 Å². The fourth-order valence-corrected chi connectivity index (χ4v) is 2.32. The molecular weight excluding hydrogens is 310 g/mol. The zero-order chi connectivity index (χ0) is 17.1. The van der Waals surface area contributed by atoms with Gasteiger partial charge in [-0.05, 0) is 26.0 Å². The van der Waals surface area contributed by atoms with Gasteiger partial charge in [-0.2, -0.15) is 4.52 Å². The average molecular weight is 327 g/mol. The summed E-state index contributed by atoms with van der Waals surface area (Å²) in [5.41, 5.74) is 2.58. The van der Waals surface area contributed by atoms with E-state index >= 15 is 0 Å². The summed E-state index contributed by atoms with van der Waals surface area (Å²) in [7, 11) is 0. The Morgan fingerprint density at radius 3 is 2.79 bits per heavy atom. The minimum atomic E-state index is -0.563. The van der Waals surface area contributed by atoms with Crippen LogP contribution in [0.25, 0.3) is 5.78 Å². The van der Waals surface area contributed by atoms with Gasteiger partial charge in [0.25, 0.3) is 11.3 Å². The van der Waals surface area contributed by atoms with E-state index in [1.807, 2.05) is 19.1 Å². The monoisotopic (exact) mass is 327 g/mol. The molecule has 8 heteroatoms. The van der Waals surface area contributed by atoms with E-state index in [4.69, 9.17) is 4.74 Å². The van der Waals surface area contributed by atoms with Crippen molar-refractivity contribution in [3.63, 3.8) is 0 Å². The number of rotatable bonds is 4. The predicted molar refractivity (Wildman–Crippen MR) is 88.2 cm³/mol. The maximum Gasteiger partial charge on any atom is 0.411 e. The van der Waals surface area contributed by atoms with Crippen molar-refractivity contribution in [2.45, 2.75) is 20.3 Å². The molecule has 0 spiro atoms. The largest absolute Gasteiger partial charge is 0.449 e. The number of anilines is 1. The number of carbonyl (C=O) groups excluding carboxylic acids is 1. The molecule has 2 N–H and O–H groups in total. The van der Waals surface area contributed by atoms with Gasteiger partial charge >= 0.3 is 6.09 Å². The smallest absolute Gasteiger partial charge is 0.411 e. The van der Waals surface area contributed by atoms with Crippen molar-refractivity contribution in [1.82, 2.24) is 19.6 Å². The number of nitrogens with zero attached hydrogens (tertiary/aromatic N) is 3. The molecule has 24 heavy (non-hydrogen) atoms. The highest BCUT2D eigenvalue weighted by Crippen LogP contribution is 2.09. The number of aromatic amines is 1. The van der Waals surface area contributed by atoms with E-state index in [2.05, 4.69) is 20.4 Å². The third kappa shape index (κ3) is 3.27. The van der Waals surface area contributed by atoms with Crippen LogP contribution < -0.4 is 10.9 Å². The molecule has 0 fully saturated rings. The number of carbonyl (C=O) groups is 1. The quantitative estimate of drug-likeness (QED) is 0.761. The Balaban J connectivity index is 1.61. The lowest BCUT2D eigenvalue weighted by Crippen LogP contribution is -2.24. The van der Waals surface area contributed by atoms with Gasteiger partial charge in [-0.25, -0.2) is 14.8 Å². The SMILES string of the molecule is Cc1ccc(NC(=O)OCCc2c(C)nc3nc[nH]n3c2=O)cc1. The second kappa shape index (κ2) is 6.53. The normalized spacial score (nSPS) is 10.8. The molecule has 8 nitrogen and oxygen atoms in total. The van der Waals surface area contributed by atoms with Crippen LogP contribution in [0, 0.1) is 13.8 Å². The fraction of sp³-hybridized carbons (Fsp3) is 0.250. The number of aryl methyl sites for hydroxylation is 2. The molecule has 3 aromatic rings. The number of aromatic nitrogens is 4. The van der Waals surface area contributed by atoms with E-state index < -0.39 is 6.09 Å². The highest BCUT2D eigenvalue weighted by atomic mass is 16.5. The average Bonchev–Trinajstić information content (AvgIpc) is 3.01. The fourth-order valence-electron chi connectivity index (χ4n) is 2.32. The molecule has 1 amide bonds. The third-order valence-corrected chi connectivity index (χ3v) is 3.62. The molecule has 0 saturated heterocycles. The number of benzene rings is 1. The van der Waals surface area contributed by atoms with Crippen LogP contribution in [0.2, 0.25) is 0 Å². The Morgan fingerprint density at radius 1 is 1.29 bits per heavy atom. The van der Waals surface area contributed by atoms with Crippen LogP contribution in [-0.4, -0.2) is 32.3 Å². The van der Waals surface area contributed by atoms with Gasteiger partial charge in [-0.1, -0.05) is 17.7 Å². The van der Waals surface area contributed by atoms with Gasteiger partial charge in [0.2, 0.25) is 0 Å². The van der Waals surface area contributed by atoms with E-state index in [0.717, 1.165) is 5.56 Å². The number of nitrogens with one attached hydrogen (secondary N) is 2. The Kier molecular flexibility index (Phi) is 4.28. The van der Waals surface area contributed by atoms with E-state index in [1.165, 1.54) is 10.8 Å². The zero-order valence-corrected chi connectivity index (χ0v) is 13.4. The van der Waals surface area contributed by atoms with Crippen molar-refractivity contribution in [2.24, 2.45) is 0 Å². The molecule has 2 aromatic heterocycles. The first-order valence-electron chi connectivity index (χ1n) is 7.46. The van der Waals surface area contributed by atoms with Crippen molar-refractivity contribution >= 4 is 17.6 Å². The van der Waals surface area contributed by atoms with Crippen molar-refractivity contribution in [3.05, 3.63) is 57.8 Å². The van der Waals surface area contributed by atoms with Gasteiger partial charge in [0.05, 0.1) is 12.3 Å². The lowest BCUT2D eigenvalue weighted by molar-refractivity contribution is 0.162. The molecule has 0 atom stereocenters. The predicted octanol–water partition coefficient (Wildman–Crippen LogP) is 1.83. The Morgan fingerprint density at radius 2 is 2.04 bits per heavy atom. The first-order valence-corrected chi connectivity index (χ1v) is 7.46. The van der Waals surface area contributed by atoms with Crippen LogP contribution in [0.4, 0.5) is 10.5 Å². The molecular formula is C16H17N5O3. The molecule has 0 aliphatic carbocycles. The maximum atomic E-state index is 12.3. The van der Waals surface area contributed by atoms with Crippen LogP contribution in [0.1, 0.15) is 16.8 Å². The van der Waals surface area contributed by atoms with Crippen molar-refractivity contribution in [3.8, 4) is 0 Å². The lowest BCUT2D eigenvalue weighted by atomic mass is 10.2. The van der Waals surface area contributed by atoms with E-state index in [-0.39, 0.29) is 18.6 Å². The molecule has 3 rings (SSSR count). The highest BCUT2D eigenvalue weighted by Gasteiger charge is 2.12. The number of ether oxygens (including phenoxy) is 1. The molecule has 0 unspecified atom stereocenters. The molecule has 124 valence electrons. The second-order valence-electron chi connectivity index (χ2n) is 5.38. The Bertz CT molecular complexity index is 927. The van der Waals surface area contributed by atoms with Crippen molar-refractivity contribution in [1.29, 1.82) is 0 Å². The topological polar surface area (TPSA) is 101 Å². The molecule has 1 aromatic carbocycles. The standard InChI is InChI=1S/C16H17N5O3/c1-10-3-5-12(6-4-10)20-16(23)24-8-7-13-11(2)19-15-17-9-18-21(15)14(13)22/h3-6,9H,7-8H2,1-2H3,(H,20,23)(H,17,18,19). The van der Waals surface area contributed by atoms with Crippen LogP contribution in [-0.2, 0) is 11.2 Å². The second-order valence-corrected chi connectivity index (χ2v) is 5.38. The van der Waals surface area contributed by atoms with E-state index in [1.54, 1.807) is 19.1 Å². The number of H-pyrrole nitrogens is 1. The lowest BCUT2D eigenvalue weighted by Gasteiger charge is -2.08. The number of hydrogen-bond acceptors (Lipinski definition) is 5. The zero-order valence-electron chi connectivity index (χ0n) is 13.4. The summed E-state index contributed by atoms with van der Waals surface area (Å²) in [6.45, 7) is 3.78. The molecule has 0 radical (unpaired) electrons. The molecule has 2 heterocycles. The van der Waals surface area contributed by atoms with Gasteiger partial charge in [0.1, 0.15) is 6.33 Å². The molecule has 0 aliphatic heterocycles. The number of hydrogen-bond donors (Lipinski definition) is 2. The minimum absolute atomic E-state index is 0.0790. The summed E-state index contributed by atoms with van der Waals surface area (Å²) in [6.07, 6.45) is 1.12. The van der Waals surface area contributed by atoms with Crippen LogP contribution in [0.15, 0.2) is 35.4 Å². The number of fused-ring (bicyclic) bond motifs is 1. The maximum absolute atomic E-state index is 12.3. The third-order valence-electron chi connectivity index (χ3n) is 3.62. The van der Waals surface area contributed by atoms with Crippen LogP contribution in [0.5, 0.6) is 0 Å². The molecule has 0 bridgehead atoms. The minimum Gasteiger partial charge on any atom is -0.449 e. The summed E-state index contributed by atoms with van der Waals surface area (Å²) >= 11 is 0. The summed E-state index contributed by atoms with van der Waals surface area (Å²) in [5, 5.41) is 5.34. The summed E-state index contributed by atoms with van der Waals surface area (Å²) in [6, 6.07) is 7.38. The van der Waals surface area contributed by atoms with Crippen molar-refractivity contribution < 1.29 is 9.53 Å². The van der Waals surface area contributed by atoms with Gasteiger partial charge in [0, 0.05) is 17.7 Å². The van der Waals surface area contributed by atoms with E-state index in [0.29, 0.717) is 22.7 Å². The summed E-state index contributed by atoms with van der Waals surface area (Å²) in [4.78, 5) is 32.3. The van der Waals surface area contributed by atoms with Crippen LogP contribution >= 0.6 is 0 Å². The van der Waals surface area contributed by atoms with E-state index in [9.17, 15) is 9.59 Å². The summed E-state index contributed by atoms with van der Waals surface area (Å²) < 4.78 is 6.39. The van der Waals surface area contributed by atoms with Gasteiger partial charge < -0.3 is 4.74 Å². The van der Waals surface area contributed by atoms with Crippen molar-refractivity contribution in [2.75, 3.05) is 11.9 Å². The molecule has 0 aliphatic rings. The molecule has 0 saturated carbocycles. The first-order chi connectivity index (χ1) is 11.5. The summed E-state index contributed by atoms with van der Waals surface area (Å²) in [5.74, 6) is 0.319. The Hall–Kier alpha value is -3.16. The Labute approximate surface area is 137 Å². The number of amides is 1. The first kappa shape index (κ1) is 15.7. The van der Waals surface area contributed by atoms with Crippen LogP contribution in [0.3, 0.4) is 0 Å². The van der Waals surface area contributed by atoms with Gasteiger partial charge in [-0.3, -0.25) is 15.2 Å².